The predicted octanol–water partition coefficient (Wildman–Crippen LogP) is 1.80. The van der Waals surface area contributed by atoms with Crippen molar-refractivity contribution in [3.05, 3.63) is 29.6 Å². The quantitative estimate of drug-likeness (QED) is 0.849. The fourth-order valence-corrected chi connectivity index (χ4v) is 2.50. The van der Waals surface area contributed by atoms with E-state index >= 15 is 0 Å². The molecule has 1 N–H and O–H groups in total. The highest BCUT2D eigenvalue weighted by Crippen LogP contribution is 2.15. The Labute approximate surface area is 116 Å². The Morgan fingerprint density at radius 3 is 3.00 bits per heavy atom. The summed E-state index contributed by atoms with van der Waals surface area (Å²) in [5.74, 6) is 0. The zero-order chi connectivity index (χ0) is 13.5. The molecule has 0 aliphatic carbocycles. The van der Waals surface area contributed by atoms with E-state index in [0.29, 0.717) is 12.6 Å². The second-order valence-electron chi connectivity index (χ2n) is 5.33. The number of rotatable bonds is 6. The van der Waals surface area contributed by atoms with Crippen LogP contribution in [0.15, 0.2) is 18.3 Å². The van der Waals surface area contributed by atoms with E-state index in [1.165, 1.54) is 31.4 Å². The number of likely N-dealkylation sites (N-methyl/N-ethyl adjacent to an activating group) is 1. The minimum Gasteiger partial charge on any atom is -0.374 e. The number of hydrogen-bond donors (Lipinski definition) is 1. The van der Waals surface area contributed by atoms with E-state index in [0.717, 1.165) is 18.8 Å². The van der Waals surface area contributed by atoms with E-state index in [1.54, 1.807) is 0 Å². The van der Waals surface area contributed by atoms with Gasteiger partial charge in [0.15, 0.2) is 0 Å². The molecule has 1 aliphatic heterocycles. The molecular formula is C15H25N3O. The number of pyridine rings is 1. The van der Waals surface area contributed by atoms with Crippen molar-refractivity contribution in [2.24, 2.45) is 0 Å². The molecule has 1 atom stereocenters. The molecule has 1 unspecified atom stereocenters. The maximum absolute atomic E-state index is 5.81. The lowest BCUT2D eigenvalue weighted by molar-refractivity contribution is 0.0431. The molecule has 0 aromatic carbocycles. The van der Waals surface area contributed by atoms with E-state index in [-0.39, 0.29) is 0 Å². The number of nitrogens with zero attached hydrogens (tertiary/aromatic N) is 2. The summed E-state index contributed by atoms with van der Waals surface area (Å²) >= 11 is 0. The van der Waals surface area contributed by atoms with Gasteiger partial charge in [-0.3, -0.25) is 4.98 Å². The summed E-state index contributed by atoms with van der Waals surface area (Å²) in [5, 5.41) is 3.12. The van der Waals surface area contributed by atoms with Gasteiger partial charge in [-0.05, 0) is 45.1 Å². The van der Waals surface area contributed by atoms with Gasteiger partial charge >= 0.3 is 0 Å². The lowest BCUT2D eigenvalue weighted by atomic mass is 10.0. The number of ether oxygens (including phenoxy) is 1. The van der Waals surface area contributed by atoms with E-state index in [2.05, 4.69) is 34.4 Å². The molecule has 2 heterocycles. The highest BCUT2D eigenvalue weighted by molar-refractivity contribution is 5.13. The van der Waals surface area contributed by atoms with Gasteiger partial charge in [0.1, 0.15) is 0 Å². The van der Waals surface area contributed by atoms with Crippen molar-refractivity contribution in [1.82, 2.24) is 15.2 Å². The lowest BCUT2D eigenvalue weighted by Crippen LogP contribution is -2.39. The normalized spacial score (nSPS) is 20.6. The van der Waals surface area contributed by atoms with Gasteiger partial charge in [0.2, 0.25) is 0 Å². The molecule has 4 heteroatoms. The van der Waals surface area contributed by atoms with Crippen LogP contribution in [0.1, 0.15) is 30.5 Å². The second kappa shape index (κ2) is 7.58. The molecule has 0 spiro atoms. The average molecular weight is 263 g/mol. The van der Waals surface area contributed by atoms with Gasteiger partial charge < -0.3 is 15.0 Å². The van der Waals surface area contributed by atoms with Gasteiger partial charge in [0.05, 0.1) is 18.9 Å². The Bertz CT molecular complexity index is 366. The van der Waals surface area contributed by atoms with Gasteiger partial charge in [-0.15, -0.1) is 0 Å². The predicted molar refractivity (Wildman–Crippen MR) is 76.9 cm³/mol. The Morgan fingerprint density at radius 1 is 1.42 bits per heavy atom. The van der Waals surface area contributed by atoms with Crippen LogP contribution in [0.25, 0.3) is 0 Å². The standard InChI is InChI=1S/C15H25N3O/c1-16-9-13-6-7-14(17-10-13)11-19-12-15-5-3-4-8-18(15)2/h6-7,10,15-16H,3-5,8-9,11-12H2,1-2H3. The molecule has 19 heavy (non-hydrogen) atoms. The number of hydrogen-bond acceptors (Lipinski definition) is 4. The van der Waals surface area contributed by atoms with Crippen molar-refractivity contribution in [2.75, 3.05) is 27.2 Å². The summed E-state index contributed by atoms with van der Waals surface area (Å²) in [6.45, 7) is 3.49. The van der Waals surface area contributed by atoms with Gasteiger partial charge in [0, 0.05) is 18.8 Å². The molecule has 2 rings (SSSR count). The summed E-state index contributed by atoms with van der Waals surface area (Å²) in [4.78, 5) is 6.83. The van der Waals surface area contributed by atoms with Crippen LogP contribution in [0.5, 0.6) is 0 Å². The SMILES string of the molecule is CNCc1ccc(COCC2CCCCN2C)nc1. The Morgan fingerprint density at radius 2 is 2.32 bits per heavy atom. The Hall–Kier alpha value is -0.970. The number of nitrogens with one attached hydrogen (secondary N) is 1. The first-order valence-corrected chi connectivity index (χ1v) is 7.16. The molecule has 1 aliphatic rings. The second-order valence-corrected chi connectivity index (χ2v) is 5.33. The molecular weight excluding hydrogens is 238 g/mol. The van der Waals surface area contributed by atoms with Gasteiger partial charge in [-0.25, -0.2) is 0 Å². The molecule has 0 radical (unpaired) electrons. The third-order valence-corrected chi connectivity index (χ3v) is 3.75. The van der Waals surface area contributed by atoms with Crippen LogP contribution in [0.3, 0.4) is 0 Å². The summed E-state index contributed by atoms with van der Waals surface area (Å²) < 4.78 is 5.81. The van der Waals surface area contributed by atoms with Crippen molar-refractivity contribution < 1.29 is 4.74 Å². The molecule has 0 saturated carbocycles. The van der Waals surface area contributed by atoms with Crippen LogP contribution in [0.2, 0.25) is 0 Å². The molecule has 4 nitrogen and oxygen atoms in total. The molecule has 0 amide bonds. The van der Waals surface area contributed by atoms with Crippen molar-refractivity contribution in [2.45, 2.75) is 38.5 Å². The van der Waals surface area contributed by atoms with Gasteiger partial charge in [0.25, 0.3) is 0 Å². The van der Waals surface area contributed by atoms with Gasteiger partial charge in [-0.2, -0.15) is 0 Å². The maximum Gasteiger partial charge on any atom is 0.0888 e. The third-order valence-electron chi connectivity index (χ3n) is 3.75. The molecule has 1 fully saturated rings. The zero-order valence-corrected chi connectivity index (χ0v) is 12.1. The maximum atomic E-state index is 5.81. The average Bonchev–Trinajstić information content (AvgIpc) is 2.43. The number of aromatic nitrogens is 1. The first kappa shape index (κ1) is 14.4. The lowest BCUT2D eigenvalue weighted by Gasteiger charge is -2.32. The van der Waals surface area contributed by atoms with E-state index in [9.17, 15) is 0 Å². The van der Waals surface area contributed by atoms with Crippen molar-refractivity contribution in [1.29, 1.82) is 0 Å². The molecule has 1 saturated heterocycles. The van der Waals surface area contributed by atoms with Crippen LogP contribution < -0.4 is 5.32 Å². The Kier molecular flexibility index (Phi) is 5.76. The van der Waals surface area contributed by atoms with Crippen LogP contribution in [0, 0.1) is 0 Å². The minimum atomic E-state index is 0.581. The summed E-state index contributed by atoms with van der Waals surface area (Å²) in [6, 6.07) is 4.74. The smallest absolute Gasteiger partial charge is 0.0888 e. The largest absolute Gasteiger partial charge is 0.374 e. The fourth-order valence-electron chi connectivity index (χ4n) is 2.50. The highest BCUT2D eigenvalue weighted by atomic mass is 16.5. The first-order valence-electron chi connectivity index (χ1n) is 7.16. The molecule has 106 valence electrons. The topological polar surface area (TPSA) is 37.4 Å². The van der Waals surface area contributed by atoms with Crippen LogP contribution in [-0.2, 0) is 17.9 Å². The Balaban J connectivity index is 1.72. The van der Waals surface area contributed by atoms with Crippen LogP contribution >= 0.6 is 0 Å². The summed E-state index contributed by atoms with van der Waals surface area (Å²) in [6.07, 6.45) is 5.82. The van der Waals surface area contributed by atoms with Crippen LogP contribution in [-0.4, -0.2) is 43.2 Å². The minimum absolute atomic E-state index is 0.581. The van der Waals surface area contributed by atoms with E-state index in [4.69, 9.17) is 4.74 Å². The fraction of sp³-hybridized carbons (Fsp3) is 0.667. The van der Waals surface area contributed by atoms with E-state index in [1.807, 2.05) is 13.2 Å². The molecule has 1 aromatic rings. The monoisotopic (exact) mass is 263 g/mol. The first-order chi connectivity index (χ1) is 9.29. The van der Waals surface area contributed by atoms with Crippen molar-refractivity contribution in [3.63, 3.8) is 0 Å². The molecule has 0 bridgehead atoms. The third kappa shape index (κ3) is 4.56. The highest BCUT2D eigenvalue weighted by Gasteiger charge is 2.18. The van der Waals surface area contributed by atoms with Crippen molar-refractivity contribution in [3.8, 4) is 0 Å². The number of piperidine rings is 1. The molecule has 1 aromatic heterocycles. The van der Waals surface area contributed by atoms with Crippen molar-refractivity contribution >= 4 is 0 Å². The van der Waals surface area contributed by atoms with E-state index < -0.39 is 0 Å². The summed E-state index contributed by atoms with van der Waals surface area (Å²) in [5.41, 5.74) is 2.22. The van der Waals surface area contributed by atoms with Crippen LogP contribution in [0.4, 0.5) is 0 Å². The summed E-state index contributed by atoms with van der Waals surface area (Å²) in [7, 11) is 4.13. The number of likely N-dealkylation sites (tertiary alicyclic amines) is 1. The zero-order valence-electron chi connectivity index (χ0n) is 12.1. The van der Waals surface area contributed by atoms with Gasteiger partial charge in [-0.1, -0.05) is 12.5 Å².